The Kier molecular flexibility index (Phi) is 6.86. The molecular weight excluding hydrogens is 436 g/mol. The number of likely N-dealkylation sites (tertiary alicyclic amines) is 1. The van der Waals surface area contributed by atoms with Crippen molar-refractivity contribution in [3.63, 3.8) is 0 Å². The molecule has 1 fully saturated rings. The third-order valence-corrected chi connectivity index (χ3v) is 6.39. The number of methoxy groups -OCH3 is 1. The van der Waals surface area contributed by atoms with Gasteiger partial charge in [-0.3, -0.25) is 14.0 Å². The fourth-order valence-electron chi connectivity index (χ4n) is 4.59. The van der Waals surface area contributed by atoms with E-state index in [2.05, 4.69) is 20.7 Å². The zero-order valence-electron chi connectivity index (χ0n) is 19.0. The van der Waals surface area contributed by atoms with Crippen LogP contribution in [-0.2, 0) is 6.54 Å². The molecule has 1 aliphatic heterocycles. The summed E-state index contributed by atoms with van der Waals surface area (Å²) in [5, 5.41) is 5.63. The van der Waals surface area contributed by atoms with Crippen LogP contribution in [0.5, 0.6) is 5.75 Å². The van der Waals surface area contributed by atoms with Gasteiger partial charge in [0.2, 0.25) is 0 Å². The molecule has 172 valence electrons. The van der Waals surface area contributed by atoms with Gasteiger partial charge in [-0.1, -0.05) is 6.07 Å². The number of hydrogen-bond donors (Lipinski definition) is 0. The van der Waals surface area contributed by atoms with Gasteiger partial charge in [0.25, 0.3) is 5.56 Å². The summed E-state index contributed by atoms with van der Waals surface area (Å²) in [6, 6.07) is 15.7. The Bertz CT molecular complexity index is 1320. The zero-order valence-corrected chi connectivity index (χ0v) is 19.8. The molecule has 3 heterocycles. The summed E-state index contributed by atoms with van der Waals surface area (Å²) < 4.78 is 9.04. The molecule has 1 aliphatic rings. The van der Waals surface area contributed by atoms with Crippen LogP contribution in [0, 0.1) is 6.92 Å². The quantitative estimate of drug-likeness (QED) is 0.415. The Morgan fingerprint density at radius 2 is 1.82 bits per heavy atom. The summed E-state index contributed by atoms with van der Waals surface area (Å²) in [6.07, 6.45) is 6.34. The van der Waals surface area contributed by atoms with Crippen LogP contribution in [0.1, 0.15) is 18.4 Å². The second kappa shape index (κ2) is 9.81. The van der Waals surface area contributed by atoms with E-state index in [0.29, 0.717) is 0 Å². The van der Waals surface area contributed by atoms with Crippen molar-refractivity contribution in [2.45, 2.75) is 26.3 Å². The minimum atomic E-state index is -0.0570. The van der Waals surface area contributed by atoms with E-state index in [1.165, 1.54) is 25.9 Å². The number of ether oxygens (including phenoxy) is 1. The molecule has 6 nitrogen and oxygen atoms in total. The van der Waals surface area contributed by atoms with Crippen molar-refractivity contribution < 1.29 is 4.74 Å². The summed E-state index contributed by atoms with van der Waals surface area (Å²) in [4.78, 5) is 15.4. The number of pyridine rings is 1. The molecule has 33 heavy (non-hydrogen) atoms. The van der Waals surface area contributed by atoms with Gasteiger partial charge < -0.3 is 9.64 Å². The van der Waals surface area contributed by atoms with E-state index < -0.39 is 0 Å². The summed E-state index contributed by atoms with van der Waals surface area (Å²) in [7, 11) is 1.66. The van der Waals surface area contributed by atoms with Crippen molar-refractivity contribution in [2.24, 2.45) is 0 Å². The Labute approximate surface area is 199 Å². The van der Waals surface area contributed by atoms with Gasteiger partial charge >= 0.3 is 0 Å². The number of halogens is 1. The van der Waals surface area contributed by atoms with Crippen LogP contribution >= 0.6 is 12.4 Å². The van der Waals surface area contributed by atoms with Crippen LogP contribution in [-0.4, -0.2) is 46.0 Å². The SMILES string of the molecule is COc1ccc(-c2ccn(-c3ccc4c(cnn4CCN4CCCC4)c3)c(=O)c2)c(C)c1.Cl. The van der Waals surface area contributed by atoms with Crippen molar-refractivity contribution in [2.75, 3.05) is 26.7 Å². The first-order valence-corrected chi connectivity index (χ1v) is 11.2. The number of hydrogen-bond acceptors (Lipinski definition) is 4. The Hall–Kier alpha value is -3.09. The van der Waals surface area contributed by atoms with E-state index in [1.807, 2.05) is 55.7 Å². The Morgan fingerprint density at radius 3 is 2.55 bits per heavy atom. The average Bonchev–Trinajstić information content (AvgIpc) is 3.47. The predicted octanol–water partition coefficient (Wildman–Crippen LogP) is 4.69. The highest BCUT2D eigenvalue weighted by Gasteiger charge is 2.13. The minimum Gasteiger partial charge on any atom is -0.497 e. The number of rotatable bonds is 6. The van der Waals surface area contributed by atoms with Gasteiger partial charge in [-0.15, -0.1) is 12.4 Å². The topological polar surface area (TPSA) is 52.3 Å². The fraction of sp³-hybridized carbons (Fsp3) is 0.308. The van der Waals surface area contributed by atoms with E-state index in [0.717, 1.165) is 52.1 Å². The average molecular weight is 465 g/mol. The molecule has 0 unspecified atom stereocenters. The fourth-order valence-corrected chi connectivity index (χ4v) is 4.59. The molecule has 2 aromatic carbocycles. The first-order valence-electron chi connectivity index (χ1n) is 11.2. The van der Waals surface area contributed by atoms with Crippen LogP contribution in [0.15, 0.2) is 65.7 Å². The van der Waals surface area contributed by atoms with Crippen molar-refractivity contribution in [3.05, 3.63) is 76.8 Å². The van der Waals surface area contributed by atoms with Crippen molar-refractivity contribution >= 4 is 23.3 Å². The van der Waals surface area contributed by atoms with Crippen LogP contribution in [0.4, 0.5) is 0 Å². The third-order valence-electron chi connectivity index (χ3n) is 6.39. The second-order valence-electron chi connectivity index (χ2n) is 8.46. The van der Waals surface area contributed by atoms with Gasteiger partial charge in [-0.2, -0.15) is 5.10 Å². The van der Waals surface area contributed by atoms with Gasteiger partial charge in [0.15, 0.2) is 0 Å². The Balaban J connectivity index is 0.00000259. The van der Waals surface area contributed by atoms with Gasteiger partial charge in [0, 0.05) is 29.9 Å². The molecule has 7 heteroatoms. The van der Waals surface area contributed by atoms with E-state index in [1.54, 1.807) is 17.7 Å². The molecule has 0 atom stereocenters. The number of fused-ring (bicyclic) bond motifs is 1. The smallest absolute Gasteiger partial charge is 0.255 e. The lowest BCUT2D eigenvalue weighted by molar-refractivity contribution is 0.318. The normalized spacial score (nSPS) is 13.9. The lowest BCUT2D eigenvalue weighted by atomic mass is 10.0. The van der Waals surface area contributed by atoms with Crippen molar-refractivity contribution in [1.29, 1.82) is 0 Å². The van der Waals surface area contributed by atoms with E-state index in [4.69, 9.17) is 4.74 Å². The molecule has 2 aromatic heterocycles. The lowest BCUT2D eigenvalue weighted by Crippen LogP contribution is -2.24. The van der Waals surface area contributed by atoms with Crippen molar-refractivity contribution in [1.82, 2.24) is 19.2 Å². The number of aryl methyl sites for hydroxylation is 1. The number of aromatic nitrogens is 3. The summed E-state index contributed by atoms with van der Waals surface area (Å²) in [6.45, 7) is 6.33. The maximum atomic E-state index is 13.0. The van der Waals surface area contributed by atoms with Gasteiger partial charge in [-0.25, -0.2) is 0 Å². The molecule has 0 radical (unpaired) electrons. The van der Waals surface area contributed by atoms with Gasteiger partial charge in [-0.05, 0) is 85.9 Å². The molecule has 0 N–H and O–H groups in total. The highest BCUT2D eigenvalue weighted by Crippen LogP contribution is 2.26. The first-order chi connectivity index (χ1) is 15.6. The molecule has 5 rings (SSSR count). The molecular formula is C26H29ClN4O2. The summed E-state index contributed by atoms with van der Waals surface area (Å²) in [5.41, 5.74) is 4.90. The largest absolute Gasteiger partial charge is 0.497 e. The Morgan fingerprint density at radius 1 is 1.00 bits per heavy atom. The van der Waals surface area contributed by atoms with Crippen LogP contribution < -0.4 is 10.3 Å². The monoisotopic (exact) mass is 464 g/mol. The van der Waals surface area contributed by atoms with E-state index in [-0.39, 0.29) is 18.0 Å². The molecule has 1 saturated heterocycles. The molecule has 0 saturated carbocycles. The maximum absolute atomic E-state index is 13.0. The highest BCUT2D eigenvalue weighted by molar-refractivity contribution is 5.85. The molecule has 0 amide bonds. The summed E-state index contributed by atoms with van der Waals surface area (Å²) >= 11 is 0. The minimum absolute atomic E-state index is 0. The van der Waals surface area contributed by atoms with Crippen LogP contribution in [0.3, 0.4) is 0 Å². The number of nitrogens with zero attached hydrogens (tertiary/aromatic N) is 4. The zero-order chi connectivity index (χ0) is 22.1. The third kappa shape index (κ3) is 4.68. The lowest BCUT2D eigenvalue weighted by Gasteiger charge is -2.14. The molecule has 4 aromatic rings. The first kappa shape index (κ1) is 23.1. The highest BCUT2D eigenvalue weighted by atomic mass is 35.5. The van der Waals surface area contributed by atoms with E-state index in [9.17, 15) is 4.79 Å². The van der Waals surface area contributed by atoms with Gasteiger partial charge in [0.05, 0.1) is 25.4 Å². The van der Waals surface area contributed by atoms with Gasteiger partial charge in [0.1, 0.15) is 5.75 Å². The van der Waals surface area contributed by atoms with E-state index >= 15 is 0 Å². The predicted molar refractivity (Wildman–Crippen MR) is 135 cm³/mol. The summed E-state index contributed by atoms with van der Waals surface area (Å²) in [5.74, 6) is 0.814. The van der Waals surface area contributed by atoms with Crippen molar-refractivity contribution in [3.8, 4) is 22.6 Å². The molecule has 0 bridgehead atoms. The number of benzene rings is 2. The molecule has 0 aliphatic carbocycles. The van der Waals surface area contributed by atoms with Crippen LogP contribution in [0.25, 0.3) is 27.7 Å². The second-order valence-corrected chi connectivity index (χ2v) is 8.46. The maximum Gasteiger partial charge on any atom is 0.255 e. The standard InChI is InChI=1S/C26H28N4O2.ClH/c1-19-15-23(32-2)6-7-24(19)20-9-12-29(26(31)17-20)22-5-8-25-21(16-22)18-27-30(25)14-13-28-10-3-4-11-28;/h5-9,12,15-18H,3-4,10-11,13-14H2,1-2H3;1H. The molecule has 0 spiro atoms. The van der Waals surface area contributed by atoms with Crippen LogP contribution in [0.2, 0.25) is 0 Å².